The highest BCUT2D eigenvalue weighted by atomic mass is 32.1. The molecule has 0 aliphatic carbocycles. The van der Waals surface area contributed by atoms with E-state index < -0.39 is 42.9 Å². The number of hydrogen-bond acceptors (Lipinski definition) is 12. The summed E-state index contributed by atoms with van der Waals surface area (Å²) >= 11 is 5.62. The van der Waals surface area contributed by atoms with Crippen LogP contribution in [0.5, 0.6) is 23.0 Å². The fourth-order valence-corrected chi connectivity index (χ4v) is 8.68. The van der Waals surface area contributed by atoms with Crippen LogP contribution in [-0.2, 0) is 29.0 Å². The highest BCUT2D eigenvalue weighted by molar-refractivity contribution is 7.80. The summed E-state index contributed by atoms with van der Waals surface area (Å²) in [5.74, 6) is -0.263. The standard InChI is InChI=1S/C46H59N4O9PS/c1-29(2)50(30(3)4)60(55-25-15-22-47)54-24-14-12-11-13-23-48-43(61)49-31-16-19-35-34(26-31)40(51)59-46(35)36-20-17-32(56-41(52)44(5,6)7)27-38(36)58-39-28-33(18-21-37(39)46)57-42(53)45(8,9)10/h16-21,26-30H,11-15,23-25H2,1-10H3,(H2,48,49,61). The Kier molecular flexibility index (Phi) is 15.6. The van der Waals surface area contributed by atoms with Crippen LogP contribution < -0.4 is 24.8 Å². The van der Waals surface area contributed by atoms with Crippen molar-refractivity contribution >= 4 is 49.5 Å². The minimum Gasteiger partial charge on any atom is -0.456 e. The maximum Gasteiger partial charge on any atom is 0.340 e. The molecule has 15 heteroatoms. The highest BCUT2D eigenvalue weighted by Gasteiger charge is 2.54. The van der Waals surface area contributed by atoms with Crippen molar-refractivity contribution in [3.8, 4) is 29.1 Å². The number of unbranched alkanes of at least 4 members (excludes halogenated alkanes) is 3. The summed E-state index contributed by atoms with van der Waals surface area (Å²) in [6.07, 6.45) is 4.07. The minimum atomic E-state index is -1.43. The monoisotopic (exact) mass is 874 g/mol. The van der Waals surface area contributed by atoms with Gasteiger partial charge >= 0.3 is 17.9 Å². The summed E-state index contributed by atoms with van der Waals surface area (Å²) in [6.45, 7) is 20.7. The van der Waals surface area contributed by atoms with Crippen molar-refractivity contribution < 1.29 is 42.4 Å². The van der Waals surface area contributed by atoms with Crippen LogP contribution in [0.25, 0.3) is 0 Å². The third-order valence-electron chi connectivity index (χ3n) is 9.87. The number of esters is 3. The van der Waals surface area contributed by atoms with Crippen LogP contribution in [0.4, 0.5) is 5.69 Å². The zero-order chi connectivity index (χ0) is 44.7. The quantitative estimate of drug-likeness (QED) is 0.0434. The van der Waals surface area contributed by atoms with E-state index in [1.165, 1.54) is 0 Å². The van der Waals surface area contributed by atoms with Crippen molar-refractivity contribution in [1.82, 2.24) is 9.99 Å². The lowest BCUT2D eigenvalue weighted by Crippen LogP contribution is -2.33. The first-order chi connectivity index (χ1) is 28.8. The molecule has 0 saturated heterocycles. The van der Waals surface area contributed by atoms with Crippen LogP contribution in [0.3, 0.4) is 0 Å². The lowest BCUT2D eigenvalue weighted by atomic mass is 9.77. The summed E-state index contributed by atoms with van der Waals surface area (Å²) in [5, 5.41) is 15.8. The van der Waals surface area contributed by atoms with E-state index in [1.54, 1.807) is 84.0 Å². The van der Waals surface area contributed by atoms with E-state index in [1.807, 2.05) is 12.1 Å². The Labute approximate surface area is 366 Å². The second kappa shape index (κ2) is 20.0. The number of fused-ring (bicyclic) bond motifs is 6. The van der Waals surface area contributed by atoms with Gasteiger partial charge in [-0.05, 0) is 131 Å². The van der Waals surface area contributed by atoms with E-state index in [9.17, 15) is 14.4 Å². The van der Waals surface area contributed by atoms with Gasteiger partial charge in [0.2, 0.25) is 0 Å². The Hall–Kier alpha value is -4.64. The third kappa shape index (κ3) is 11.4. The maximum absolute atomic E-state index is 13.8. The molecule has 61 heavy (non-hydrogen) atoms. The second-order valence-electron chi connectivity index (χ2n) is 17.7. The molecule has 5 rings (SSSR count). The normalized spacial score (nSPS) is 14.4. The molecule has 13 nitrogen and oxygen atoms in total. The van der Waals surface area contributed by atoms with Crippen LogP contribution in [0.15, 0.2) is 54.6 Å². The number of thiocarbonyl (C=S) groups is 1. The molecule has 3 aromatic carbocycles. The molecule has 2 aliphatic rings. The van der Waals surface area contributed by atoms with Crippen molar-refractivity contribution in [1.29, 1.82) is 5.26 Å². The summed E-state index contributed by atoms with van der Waals surface area (Å²) in [4.78, 5) is 39.4. The van der Waals surface area contributed by atoms with Crippen LogP contribution in [-0.4, -0.2) is 59.5 Å². The minimum absolute atomic E-state index is 0.256. The Morgan fingerprint density at radius 2 is 1.34 bits per heavy atom. The van der Waals surface area contributed by atoms with Gasteiger partial charge in [-0.25, -0.2) is 9.46 Å². The van der Waals surface area contributed by atoms with Gasteiger partial charge in [0, 0.05) is 53.1 Å². The van der Waals surface area contributed by atoms with Gasteiger partial charge in [-0.15, -0.1) is 0 Å². The first kappa shape index (κ1) is 47.4. The first-order valence-electron chi connectivity index (χ1n) is 20.8. The number of anilines is 1. The third-order valence-corrected chi connectivity index (χ3v) is 12.2. The molecule has 1 atom stereocenters. The Morgan fingerprint density at radius 1 is 0.803 bits per heavy atom. The van der Waals surface area contributed by atoms with Crippen molar-refractivity contribution in [2.75, 3.05) is 25.1 Å². The van der Waals surface area contributed by atoms with Gasteiger partial charge < -0.3 is 38.6 Å². The van der Waals surface area contributed by atoms with Gasteiger partial charge in [0.1, 0.15) is 23.0 Å². The summed E-state index contributed by atoms with van der Waals surface area (Å²) in [7, 11) is -1.24. The lowest BCUT2D eigenvalue weighted by molar-refractivity contribution is -0.143. The number of nitrogens with one attached hydrogen (secondary N) is 2. The van der Waals surface area contributed by atoms with Crippen molar-refractivity contribution in [2.45, 2.75) is 119 Å². The molecule has 0 saturated carbocycles. The van der Waals surface area contributed by atoms with Crippen LogP contribution in [0.2, 0.25) is 0 Å². The van der Waals surface area contributed by atoms with Crippen molar-refractivity contribution in [3.63, 3.8) is 0 Å². The molecule has 0 bridgehead atoms. The van der Waals surface area contributed by atoms with Crippen LogP contribution in [0.1, 0.15) is 128 Å². The number of ether oxygens (including phenoxy) is 4. The van der Waals surface area contributed by atoms with E-state index in [4.69, 9.17) is 45.5 Å². The molecular formula is C46H59N4O9PS. The topological polar surface area (TPSA) is 158 Å². The molecule has 0 fully saturated rings. The summed E-state index contributed by atoms with van der Waals surface area (Å²) < 4.78 is 38.6. The fraction of sp³-hybridized carbons (Fsp3) is 0.500. The summed E-state index contributed by atoms with van der Waals surface area (Å²) in [5.41, 5.74) is -0.335. The molecular weight excluding hydrogens is 816 g/mol. The Balaban J connectivity index is 1.26. The van der Waals surface area contributed by atoms with Crippen molar-refractivity contribution in [3.05, 3.63) is 76.9 Å². The zero-order valence-electron chi connectivity index (χ0n) is 36.9. The molecule has 2 N–H and O–H groups in total. The average Bonchev–Trinajstić information content (AvgIpc) is 3.45. The van der Waals surface area contributed by atoms with Gasteiger partial charge in [0.15, 0.2) is 10.7 Å². The molecule has 1 unspecified atom stereocenters. The second-order valence-corrected chi connectivity index (χ2v) is 19.6. The molecule has 328 valence electrons. The van der Waals surface area contributed by atoms with E-state index in [0.717, 1.165) is 25.7 Å². The zero-order valence-corrected chi connectivity index (χ0v) is 38.6. The Bertz CT molecular complexity index is 2050. The molecule has 0 amide bonds. The van der Waals surface area contributed by atoms with E-state index in [2.05, 4.69) is 49.1 Å². The number of rotatable bonds is 17. The number of hydrogen-bond donors (Lipinski definition) is 2. The lowest BCUT2D eigenvalue weighted by Gasteiger charge is -2.36. The maximum atomic E-state index is 13.8. The Morgan fingerprint density at radius 3 is 1.89 bits per heavy atom. The smallest absolute Gasteiger partial charge is 0.340 e. The van der Waals surface area contributed by atoms with Gasteiger partial charge in [-0.3, -0.25) is 9.59 Å². The number of carbonyl (C=O) groups excluding carboxylic acids is 3. The van der Waals surface area contributed by atoms with Gasteiger partial charge in [-0.1, -0.05) is 18.9 Å². The summed E-state index contributed by atoms with van der Waals surface area (Å²) in [6, 6.07) is 18.0. The molecule has 0 aromatic heterocycles. The predicted octanol–water partition coefficient (Wildman–Crippen LogP) is 10.3. The molecule has 2 heterocycles. The predicted molar refractivity (Wildman–Crippen MR) is 239 cm³/mol. The fourth-order valence-electron chi connectivity index (χ4n) is 6.83. The van der Waals surface area contributed by atoms with Gasteiger partial charge in [0.25, 0.3) is 8.53 Å². The SMILES string of the molecule is CC(C)N(C(C)C)P(OCCC#N)OCCCCCCNC(=S)Nc1ccc2c(c1)C(=O)OC21c2ccc(OC(=O)C(C)(C)C)cc2Oc2cc(OC(=O)C(C)(C)C)ccc21. The number of benzene rings is 3. The van der Waals surface area contributed by atoms with E-state index in [-0.39, 0.29) is 23.6 Å². The first-order valence-corrected chi connectivity index (χ1v) is 22.4. The average molecular weight is 875 g/mol. The largest absolute Gasteiger partial charge is 0.456 e. The highest BCUT2D eigenvalue weighted by Crippen LogP contribution is 2.57. The van der Waals surface area contributed by atoms with E-state index >= 15 is 0 Å². The molecule has 0 radical (unpaired) electrons. The van der Waals surface area contributed by atoms with Gasteiger partial charge in [-0.2, -0.15) is 5.26 Å². The van der Waals surface area contributed by atoms with Gasteiger partial charge in [0.05, 0.1) is 42.1 Å². The van der Waals surface area contributed by atoms with Crippen molar-refractivity contribution in [2.24, 2.45) is 10.8 Å². The van der Waals surface area contributed by atoms with Crippen LogP contribution >= 0.6 is 20.7 Å². The molecule has 3 aromatic rings. The molecule has 1 spiro atoms. The number of carbonyl (C=O) groups is 3. The number of nitriles is 1. The molecule has 2 aliphatic heterocycles. The number of nitrogens with zero attached hydrogens (tertiary/aromatic N) is 2. The van der Waals surface area contributed by atoms with E-state index in [0.29, 0.717) is 70.7 Å². The van der Waals surface area contributed by atoms with Crippen LogP contribution in [0, 0.1) is 22.2 Å².